The van der Waals surface area contributed by atoms with E-state index in [4.69, 9.17) is 5.26 Å². The van der Waals surface area contributed by atoms with Gasteiger partial charge in [-0.05, 0) is 0 Å². The molecule has 0 aromatic heterocycles. The van der Waals surface area contributed by atoms with Gasteiger partial charge in [-0.25, -0.2) is 0 Å². The van der Waals surface area contributed by atoms with Crippen molar-refractivity contribution in [1.29, 1.82) is 5.26 Å². The van der Waals surface area contributed by atoms with E-state index in [0.29, 0.717) is 0 Å². The van der Waals surface area contributed by atoms with Crippen LogP contribution in [0.15, 0.2) is 6.08 Å². The molecule has 0 unspecified atom stereocenters. The van der Waals surface area contributed by atoms with Gasteiger partial charge in [0.2, 0.25) is 6.08 Å². The highest BCUT2D eigenvalue weighted by Crippen LogP contribution is 1.40. The van der Waals surface area contributed by atoms with E-state index in [-0.39, 0.29) is 0 Å². The van der Waals surface area contributed by atoms with Crippen LogP contribution < -0.4 is 0 Å². The van der Waals surface area contributed by atoms with Crippen LogP contribution in [-0.2, 0) is 0 Å². The molecule has 18 valence electrons. The smallest absolute Gasteiger partial charge is 0.0510 e. The third-order valence-corrected chi connectivity index (χ3v) is 0.0745. The number of rotatable bonds is 0. The normalized spacial score (nSPS) is 3.50. The zero-order valence-corrected chi connectivity index (χ0v) is 2.10. The highest BCUT2D eigenvalue weighted by Gasteiger charge is 1.56. The number of nitriles is 1. The van der Waals surface area contributed by atoms with Gasteiger partial charge in [-0.1, -0.05) is 5.26 Å². The molecule has 0 aliphatic heterocycles. The van der Waals surface area contributed by atoms with Gasteiger partial charge in [0.05, 0.1) is 6.58 Å². The Balaban J connectivity index is 2.92. The van der Waals surface area contributed by atoms with Crippen molar-refractivity contribution in [2.45, 2.75) is 0 Å². The van der Waals surface area contributed by atoms with Crippen molar-refractivity contribution in [2.75, 3.05) is 0 Å². The molecule has 0 spiro atoms. The summed E-state index contributed by atoms with van der Waals surface area (Å²) >= 11 is 0. The Hall–Kier alpha value is -0.860. The van der Waals surface area contributed by atoms with Crippen LogP contribution in [0, 0.1) is 17.9 Å². The molecule has 1 nitrogen and oxygen atoms in total. The number of hydrogen-bond acceptors (Lipinski definition) is 1. The molecule has 0 fully saturated rings. The van der Waals surface area contributed by atoms with Gasteiger partial charge in [0.15, 0.2) is 0 Å². The topological polar surface area (TPSA) is 23.8 Å². The summed E-state index contributed by atoms with van der Waals surface area (Å²) in [6.45, 7) is 4.54. The standard InChI is InChI=1S/C3H2N/c1-2-3-4/h1-2H/q+1. The maximum atomic E-state index is 7.44. The van der Waals surface area contributed by atoms with Crippen LogP contribution in [0.1, 0.15) is 0 Å². The Morgan fingerprint density at radius 2 is 2.25 bits per heavy atom. The quantitative estimate of drug-likeness (QED) is 0.291. The lowest BCUT2D eigenvalue weighted by molar-refractivity contribution is 1.54. The summed E-state index contributed by atoms with van der Waals surface area (Å²) in [5.41, 5.74) is 0. The van der Waals surface area contributed by atoms with Gasteiger partial charge in [-0.15, -0.1) is 0 Å². The Kier molecular flexibility index (Phi) is 1.68. The first-order valence-electron chi connectivity index (χ1n) is 0.846. The summed E-state index contributed by atoms with van der Waals surface area (Å²) in [6.07, 6.45) is 0.931. The van der Waals surface area contributed by atoms with Gasteiger partial charge in [0, 0.05) is 0 Å². The van der Waals surface area contributed by atoms with Crippen LogP contribution in [0.5, 0.6) is 0 Å². The molecule has 0 N–H and O–H groups in total. The molecule has 0 heterocycles. The highest BCUT2D eigenvalue weighted by molar-refractivity contribution is 4.91. The third-order valence-electron chi connectivity index (χ3n) is 0.0745. The molecular formula is C3H2N+. The Labute approximate surface area is 25.2 Å². The average Bonchev–Trinajstić information content (AvgIpc) is 1.37. The van der Waals surface area contributed by atoms with Gasteiger partial charge < -0.3 is 0 Å². The van der Waals surface area contributed by atoms with Crippen LogP contribution in [-0.4, -0.2) is 0 Å². The van der Waals surface area contributed by atoms with Crippen LogP contribution in [0.25, 0.3) is 0 Å². The monoisotopic (exact) mass is 52.0 g/mol. The molecule has 0 rings (SSSR count). The van der Waals surface area contributed by atoms with Gasteiger partial charge in [0.1, 0.15) is 0 Å². The van der Waals surface area contributed by atoms with E-state index in [1.807, 2.05) is 0 Å². The van der Waals surface area contributed by atoms with Crippen molar-refractivity contribution in [3.63, 3.8) is 0 Å². The fraction of sp³-hybridized carbons (Fsp3) is 0. The van der Waals surface area contributed by atoms with E-state index in [0.717, 1.165) is 6.08 Å². The van der Waals surface area contributed by atoms with E-state index in [1.54, 1.807) is 6.07 Å². The molecule has 0 aliphatic carbocycles. The second-order valence-corrected chi connectivity index (χ2v) is 0.296. The lowest BCUT2D eigenvalue weighted by atomic mass is 10.8. The van der Waals surface area contributed by atoms with Crippen molar-refractivity contribution in [2.24, 2.45) is 0 Å². The van der Waals surface area contributed by atoms with E-state index < -0.39 is 0 Å². The lowest BCUT2D eigenvalue weighted by Gasteiger charge is -1.09. The largest absolute Gasteiger partial charge is 0.329 e. The van der Waals surface area contributed by atoms with Crippen LogP contribution in [0.2, 0.25) is 0 Å². The van der Waals surface area contributed by atoms with E-state index in [1.165, 1.54) is 0 Å². The molecule has 0 saturated heterocycles. The summed E-state index contributed by atoms with van der Waals surface area (Å²) in [5, 5.41) is 7.44. The predicted octanol–water partition coefficient (Wildman–Crippen LogP) is 0.499. The minimum absolute atomic E-state index is 0.931. The van der Waals surface area contributed by atoms with Crippen LogP contribution in [0.4, 0.5) is 0 Å². The first-order chi connectivity index (χ1) is 1.91. The average molecular weight is 52.1 g/mol. The summed E-state index contributed by atoms with van der Waals surface area (Å²) in [7, 11) is 0. The molecule has 0 aromatic carbocycles. The Morgan fingerprint density at radius 1 is 2.00 bits per heavy atom. The molecule has 4 heavy (non-hydrogen) atoms. The maximum absolute atomic E-state index is 7.44. The molecule has 0 radical (unpaired) electrons. The molecule has 0 amide bonds. The van der Waals surface area contributed by atoms with Gasteiger partial charge in [-0.3, -0.25) is 0 Å². The summed E-state index contributed by atoms with van der Waals surface area (Å²) in [5.74, 6) is 0. The third kappa shape index (κ3) is 1.14. The lowest BCUT2D eigenvalue weighted by Crippen LogP contribution is -1.24. The van der Waals surface area contributed by atoms with Crippen molar-refractivity contribution in [3.05, 3.63) is 12.7 Å². The zero-order valence-electron chi connectivity index (χ0n) is 2.10. The van der Waals surface area contributed by atoms with Crippen molar-refractivity contribution >= 4 is 0 Å². The Bertz CT molecular complexity index is 48.8. The molecule has 0 bridgehead atoms. The summed E-state index contributed by atoms with van der Waals surface area (Å²) < 4.78 is 0. The van der Waals surface area contributed by atoms with E-state index in [2.05, 4.69) is 6.58 Å². The van der Waals surface area contributed by atoms with Crippen molar-refractivity contribution < 1.29 is 0 Å². The second-order valence-electron chi connectivity index (χ2n) is 0.296. The molecule has 0 aromatic rings. The second kappa shape index (κ2) is 2.14. The first kappa shape index (κ1) is 3.14. The van der Waals surface area contributed by atoms with Crippen LogP contribution >= 0.6 is 0 Å². The predicted molar refractivity (Wildman–Crippen MR) is 14.5 cm³/mol. The molecule has 1 heteroatoms. The maximum Gasteiger partial charge on any atom is 0.329 e. The molecular weight excluding hydrogens is 50.0 g/mol. The van der Waals surface area contributed by atoms with E-state index in [9.17, 15) is 0 Å². The minimum atomic E-state index is 0.931. The molecule has 0 aliphatic rings. The van der Waals surface area contributed by atoms with E-state index >= 15 is 0 Å². The fourth-order valence-corrected chi connectivity index (χ4v) is 0. The SMILES string of the molecule is [CH+]=CC#N. The van der Waals surface area contributed by atoms with Gasteiger partial charge in [-0.2, -0.15) is 0 Å². The number of hydrogen-bond donors (Lipinski definition) is 0. The summed E-state index contributed by atoms with van der Waals surface area (Å²) in [6, 6.07) is 1.58. The molecule has 0 saturated carbocycles. The fourth-order valence-electron chi connectivity index (χ4n) is 0. The summed E-state index contributed by atoms with van der Waals surface area (Å²) in [4.78, 5) is 0. The number of allylic oxidation sites excluding steroid dienone is 1. The van der Waals surface area contributed by atoms with Crippen molar-refractivity contribution in [1.82, 2.24) is 0 Å². The minimum Gasteiger partial charge on any atom is -0.0510 e. The van der Waals surface area contributed by atoms with Gasteiger partial charge >= 0.3 is 6.07 Å². The van der Waals surface area contributed by atoms with Crippen LogP contribution in [0.3, 0.4) is 0 Å². The number of nitrogens with zero attached hydrogens (tertiary/aromatic N) is 1. The zero-order chi connectivity index (χ0) is 3.41. The first-order valence-corrected chi connectivity index (χ1v) is 0.846. The van der Waals surface area contributed by atoms with Crippen molar-refractivity contribution in [3.8, 4) is 6.07 Å². The van der Waals surface area contributed by atoms with Gasteiger partial charge in [0.25, 0.3) is 0 Å². The Morgan fingerprint density at radius 3 is 2.25 bits per heavy atom. The molecule has 0 atom stereocenters. The highest BCUT2D eigenvalue weighted by atomic mass is 14.2.